The highest BCUT2D eigenvalue weighted by atomic mass is 35.5. The molecule has 9 heteroatoms. The lowest BCUT2D eigenvalue weighted by atomic mass is 9.83. The summed E-state index contributed by atoms with van der Waals surface area (Å²) < 4.78 is 5.35. The predicted molar refractivity (Wildman–Crippen MR) is 134 cm³/mol. The zero-order valence-electron chi connectivity index (χ0n) is 18.6. The zero-order valence-corrected chi connectivity index (χ0v) is 20.1. The third kappa shape index (κ3) is 4.21. The maximum absolute atomic E-state index is 10.2. The Bertz CT molecular complexity index is 1120. The van der Waals surface area contributed by atoms with Gasteiger partial charge in [0.25, 0.3) is 0 Å². The normalized spacial score (nSPS) is 23.5. The second-order valence-electron chi connectivity index (χ2n) is 8.63. The number of aliphatic imine (C=N–C) groups is 1. The summed E-state index contributed by atoms with van der Waals surface area (Å²) >= 11 is 8.26. The number of thioether (sulfide) groups is 1. The number of nitrogens with two attached hydrogens (primary N) is 1. The first kappa shape index (κ1) is 22.5. The van der Waals surface area contributed by atoms with Crippen LogP contribution in [0, 0.1) is 0 Å². The number of benzene rings is 2. The van der Waals surface area contributed by atoms with Crippen molar-refractivity contribution in [3.8, 4) is 5.75 Å². The molecule has 0 aliphatic carbocycles. The van der Waals surface area contributed by atoms with Gasteiger partial charge in [-0.3, -0.25) is 15.3 Å². The monoisotopic (exact) mass is 485 g/mol. The van der Waals surface area contributed by atoms with E-state index in [1.54, 1.807) is 18.9 Å². The number of ether oxygens (including phenoxy) is 1. The van der Waals surface area contributed by atoms with Crippen LogP contribution in [0.1, 0.15) is 35.1 Å². The van der Waals surface area contributed by atoms with Crippen LogP contribution in [0.25, 0.3) is 0 Å². The van der Waals surface area contributed by atoms with Crippen LogP contribution in [0.5, 0.6) is 5.75 Å². The van der Waals surface area contributed by atoms with Gasteiger partial charge < -0.3 is 15.6 Å². The van der Waals surface area contributed by atoms with Crippen molar-refractivity contribution in [2.24, 2.45) is 15.8 Å². The van der Waals surface area contributed by atoms with Crippen LogP contribution in [-0.2, 0) is 12.1 Å². The Kier molecular flexibility index (Phi) is 6.26. The number of amidine groups is 1. The number of methoxy groups -OCH3 is 1. The first-order valence-electron chi connectivity index (χ1n) is 11.2. The minimum absolute atomic E-state index is 0.277. The zero-order chi connectivity index (χ0) is 23.0. The number of hydrogen-bond donors (Lipinski definition) is 3. The van der Waals surface area contributed by atoms with Crippen LogP contribution >= 0.6 is 23.4 Å². The highest BCUT2D eigenvalue weighted by molar-refractivity contribution is 8.14. The molecule has 0 aromatic heterocycles. The van der Waals surface area contributed by atoms with E-state index in [9.17, 15) is 5.11 Å². The van der Waals surface area contributed by atoms with Crippen LogP contribution in [0.15, 0.2) is 46.5 Å². The molecule has 0 saturated carbocycles. The smallest absolute Gasteiger partial charge is 0.151 e. The van der Waals surface area contributed by atoms with E-state index in [4.69, 9.17) is 22.1 Å². The third-order valence-electron chi connectivity index (χ3n) is 6.62. The van der Waals surface area contributed by atoms with E-state index < -0.39 is 5.66 Å². The maximum atomic E-state index is 10.2. The number of aliphatic hydroxyl groups excluding tert-OH is 1. The second kappa shape index (κ2) is 9.18. The Labute approximate surface area is 203 Å². The van der Waals surface area contributed by atoms with Crippen LogP contribution in [0.2, 0.25) is 5.02 Å². The summed E-state index contributed by atoms with van der Waals surface area (Å²) in [7, 11) is 1.61. The van der Waals surface area contributed by atoms with Crippen molar-refractivity contribution >= 4 is 34.2 Å². The molecule has 5 rings (SSSR count). The number of fused-ring (bicyclic) bond motifs is 1. The van der Waals surface area contributed by atoms with Crippen LogP contribution in [0.4, 0.5) is 0 Å². The SMILES string of the molecule is COc1ccc(CC2(N3CCC(O)CC3)NN=C(N)c3ccc(C4=NCCS4)cc32)cc1Cl. The summed E-state index contributed by atoms with van der Waals surface area (Å²) in [5.41, 5.74) is 13.3. The van der Waals surface area contributed by atoms with E-state index >= 15 is 0 Å². The lowest BCUT2D eigenvalue weighted by Gasteiger charge is -2.48. The fourth-order valence-electron chi connectivity index (χ4n) is 4.88. The van der Waals surface area contributed by atoms with E-state index in [1.165, 1.54) is 0 Å². The number of rotatable bonds is 5. The van der Waals surface area contributed by atoms with E-state index in [2.05, 4.69) is 38.6 Å². The average molecular weight is 486 g/mol. The van der Waals surface area contributed by atoms with E-state index in [0.717, 1.165) is 52.7 Å². The molecule has 1 fully saturated rings. The summed E-state index contributed by atoms with van der Waals surface area (Å²) in [6, 6.07) is 12.2. The first-order valence-corrected chi connectivity index (χ1v) is 12.5. The van der Waals surface area contributed by atoms with Gasteiger partial charge in [0.2, 0.25) is 0 Å². The fraction of sp³-hybridized carbons (Fsp3) is 0.417. The number of hydrazone groups is 1. The molecule has 0 radical (unpaired) electrons. The van der Waals surface area contributed by atoms with Gasteiger partial charge in [-0.05, 0) is 36.6 Å². The molecule has 0 spiro atoms. The van der Waals surface area contributed by atoms with Crippen molar-refractivity contribution in [1.29, 1.82) is 0 Å². The molecule has 33 heavy (non-hydrogen) atoms. The Morgan fingerprint density at radius 3 is 2.79 bits per heavy atom. The molecule has 1 atom stereocenters. The van der Waals surface area contributed by atoms with Crippen LogP contribution < -0.4 is 15.9 Å². The van der Waals surface area contributed by atoms with Crippen molar-refractivity contribution in [3.63, 3.8) is 0 Å². The average Bonchev–Trinajstić information content (AvgIpc) is 3.37. The molecule has 3 aliphatic rings. The minimum atomic E-state index is -0.629. The standard InChI is InChI=1S/C24H28ClN5O2S/c1-32-21-5-2-15(12-20(21)25)14-24(30-9-6-17(31)7-10-30)19-13-16(23-27-8-11-33-23)3-4-18(19)22(26)28-29-24/h2-5,12-13,17,29,31H,6-11,14H2,1H3,(H2,26,28). The molecule has 0 bridgehead atoms. The molecule has 1 saturated heterocycles. The molecule has 2 aromatic carbocycles. The number of piperidine rings is 1. The molecule has 1 unspecified atom stereocenters. The molecule has 3 heterocycles. The minimum Gasteiger partial charge on any atom is -0.495 e. The summed E-state index contributed by atoms with van der Waals surface area (Å²) in [5, 5.41) is 16.4. The molecular weight excluding hydrogens is 458 g/mol. The van der Waals surface area contributed by atoms with Gasteiger partial charge >= 0.3 is 0 Å². The predicted octanol–water partition coefficient (Wildman–Crippen LogP) is 2.92. The molecule has 4 N–H and O–H groups in total. The lowest BCUT2D eigenvalue weighted by molar-refractivity contribution is -0.00805. The topological polar surface area (TPSA) is 95.5 Å². The highest BCUT2D eigenvalue weighted by Gasteiger charge is 2.44. The number of halogens is 1. The van der Waals surface area contributed by atoms with Crippen molar-refractivity contribution < 1.29 is 9.84 Å². The summed E-state index contributed by atoms with van der Waals surface area (Å²) in [6.07, 6.45) is 1.77. The van der Waals surface area contributed by atoms with Crippen molar-refractivity contribution in [3.05, 3.63) is 63.7 Å². The summed E-state index contributed by atoms with van der Waals surface area (Å²) in [6.45, 7) is 2.33. The van der Waals surface area contributed by atoms with Crippen LogP contribution in [-0.4, -0.2) is 59.5 Å². The first-order chi connectivity index (χ1) is 16.0. The highest BCUT2D eigenvalue weighted by Crippen LogP contribution is 2.39. The third-order valence-corrected chi connectivity index (χ3v) is 7.94. The Morgan fingerprint density at radius 2 is 2.09 bits per heavy atom. The molecule has 0 amide bonds. The van der Waals surface area contributed by atoms with Crippen molar-refractivity contribution in [2.45, 2.75) is 31.0 Å². The maximum Gasteiger partial charge on any atom is 0.151 e. The summed E-state index contributed by atoms with van der Waals surface area (Å²) in [4.78, 5) is 7.05. The van der Waals surface area contributed by atoms with E-state index in [1.807, 2.05) is 18.2 Å². The quantitative estimate of drug-likeness (QED) is 0.602. The number of likely N-dealkylation sites (tertiary alicyclic amines) is 1. The number of hydrogen-bond acceptors (Lipinski definition) is 8. The Hall–Kier alpha value is -2.26. The van der Waals surface area contributed by atoms with Gasteiger partial charge in [-0.25, -0.2) is 0 Å². The largest absolute Gasteiger partial charge is 0.495 e. The Morgan fingerprint density at radius 1 is 1.27 bits per heavy atom. The molecule has 7 nitrogen and oxygen atoms in total. The fourth-order valence-corrected chi connectivity index (χ4v) is 6.01. The van der Waals surface area contributed by atoms with Gasteiger partial charge in [-0.15, -0.1) is 11.8 Å². The molecular formula is C24H28ClN5O2S. The van der Waals surface area contributed by atoms with Crippen molar-refractivity contribution in [1.82, 2.24) is 10.3 Å². The number of aliphatic hydroxyl groups is 1. The summed E-state index contributed by atoms with van der Waals surface area (Å²) in [5.74, 6) is 2.12. The number of nitrogens with one attached hydrogen (secondary N) is 1. The van der Waals surface area contributed by atoms with E-state index in [-0.39, 0.29) is 6.10 Å². The second-order valence-corrected chi connectivity index (χ2v) is 10.1. The molecule has 174 valence electrons. The molecule has 2 aromatic rings. The van der Waals surface area contributed by atoms with E-state index in [0.29, 0.717) is 35.9 Å². The van der Waals surface area contributed by atoms with Gasteiger partial charge in [0.05, 0.1) is 23.3 Å². The molecule has 3 aliphatic heterocycles. The van der Waals surface area contributed by atoms with Gasteiger partial charge in [0.15, 0.2) is 5.84 Å². The van der Waals surface area contributed by atoms with Gasteiger partial charge in [0.1, 0.15) is 11.4 Å². The van der Waals surface area contributed by atoms with Gasteiger partial charge in [-0.1, -0.05) is 29.8 Å². The van der Waals surface area contributed by atoms with Crippen molar-refractivity contribution in [2.75, 3.05) is 32.5 Å². The van der Waals surface area contributed by atoms with Gasteiger partial charge in [0, 0.05) is 48.5 Å². The number of nitrogens with zero attached hydrogens (tertiary/aromatic N) is 3. The van der Waals surface area contributed by atoms with Gasteiger partial charge in [-0.2, -0.15) is 5.10 Å². The lowest BCUT2D eigenvalue weighted by Crippen LogP contribution is -2.61. The van der Waals surface area contributed by atoms with Crippen LogP contribution in [0.3, 0.4) is 0 Å². The Balaban J connectivity index is 1.63.